The Hall–Kier alpha value is -2.70. The lowest BCUT2D eigenvalue weighted by atomic mass is 9.83. The van der Waals surface area contributed by atoms with Crippen LogP contribution in [0.4, 0.5) is 4.79 Å². The van der Waals surface area contributed by atoms with Crippen molar-refractivity contribution >= 4 is 39.4 Å². The van der Waals surface area contributed by atoms with Crippen molar-refractivity contribution in [1.29, 1.82) is 0 Å². The first-order valence-corrected chi connectivity index (χ1v) is 19.4. The van der Waals surface area contributed by atoms with Crippen molar-refractivity contribution in [2.24, 2.45) is 28.6 Å². The molecule has 270 valence electrons. The number of hydrogen-bond donors (Lipinski definition) is 4. The second kappa shape index (κ2) is 12.0. The fourth-order valence-electron chi connectivity index (χ4n) is 8.10. The predicted octanol–water partition coefficient (Wildman–Crippen LogP) is 2.84. The summed E-state index contributed by atoms with van der Waals surface area (Å²) < 4.78 is 25.6. The zero-order valence-corrected chi connectivity index (χ0v) is 31.1. The molecular formula is C35H57N5O7S. The topological polar surface area (TPSA) is 171 Å². The van der Waals surface area contributed by atoms with Crippen molar-refractivity contribution in [2.45, 2.75) is 148 Å². The van der Waals surface area contributed by atoms with E-state index in [1.54, 1.807) is 25.7 Å². The van der Waals surface area contributed by atoms with Gasteiger partial charge in [-0.3, -0.25) is 19.2 Å². The van der Waals surface area contributed by atoms with Gasteiger partial charge >= 0.3 is 6.03 Å². The van der Waals surface area contributed by atoms with Crippen LogP contribution in [-0.2, 0) is 29.0 Å². The van der Waals surface area contributed by atoms with Crippen molar-refractivity contribution < 1.29 is 32.4 Å². The highest BCUT2D eigenvalue weighted by molar-refractivity contribution is 7.92. The molecule has 1 saturated heterocycles. The third-order valence-electron chi connectivity index (χ3n) is 11.9. The summed E-state index contributed by atoms with van der Waals surface area (Å²) >= 11 is 0. The van der Waals surface area contributed by atoms with Crippen molar-refractivity contribution in [3.63, 3.8) is 0 Å². The minimum absolute atomic E-state index is 0.00846. The molecule has 13 heteroatoms. The second-order valence-corrected chi connectivity index (χ2v) is 20.9. The molecule has 0 aromatic rings. The first-order valence-electron chi connectivity index (χ1n) is 17.7. The Morgan fingerprint density at radius 1 is 0.917 bits per heavy atom. The van der Waals surface area contributed by atoms with Gasteiger partial charge in [0.15, 0.2) is 9.84 Å². The van der Waals surface area contributed by atoms with E-state index in [1.165, 1.54) is 0 Å². The minimum atomic E-state index is -3.56. The normalized spacial score (nSPS) is 31.1. The molecule has 0 aromatic carbocycles. The Kier molecular flexibility index (Phi) is 9.12. The summed E-state index contributed by atoms with van der Waals surface area (Å²) in [5.74, 6) is -2.65. The SMILES string of the molecule is C[C@H]1CC1(NC(=O)[C@@H]1[C@@H]2[C@H](CN1C(=O)[C@@H](NC(=O)NC1(CS(=O)(=O)C(C)(C)C)CCCCC1)C(C)(C)C)C2(C)C)C(=O)C(=O)NC1CC1. The van der Waals surface area contributed by atoms with Gasteiger partial charge in [-0.25, -0.2) is 13.2 Å². The molecule has 0 radical (unpaired) electrons. The smallest absolute Gasteiger partial charge is 0.315 e. The monoisotopic (exact) mass is 691 g/mol. The van der Waals surface area contributed by atoms with Gasteiger partial charge < -0.3 is 26.2 Å². The number of Topliss-reactive ketones (excluding diaryl/α,β-unsaturated/α-hetero) is 1. The number of amides is 5. The number of hydrogen-bond acceptors (Lipinski definition) is 7. The zero-order chi connectivity index (χ0) is 35.8. The van der Waals surface area contributed by atoms with Gasteiger partial charge in [0.25, 0.3) is 5.91 Å². The highest BCUT2D eigenvalue weighted by atomic mass is 32.2. The van der Waals surface area contributed by atoms with Crippen LogP contribution in [0.2, 0.25) is 0 Å². The molecule has 5 aliphatic rings. The van der Waals surface area contributed by atoms with Crippen molar-refractivity contribution in [1.82, 2.24) is 26.2 Å². The van der Waals surface area contributed by atoms with E-state index in [0.717, 1.165) is 32.1 Å². The summed E-state index contributed by atoms with van der Waals surface area (Å²) in [5.41, 5.74) is -3.18. The van der Waals surface area contributed by atoms with Gasteiger partial charge in [0.05, 0.1) is 16.0 Å². The number of piperidine rings is 1. The minimum Gasteiger partial charge on any atom is -0.347 e. The number of urea groups is 1. The summed E-state index contributed by atoms with van der Waals surface area (Å²) in [6.45, 7) is 16.8. The lowest BCUT2D eigenvalue weighted by Gasteiger charge is -2.41. The van der Waals surface area contributed by atoms with Crippen molar-refractivity contribution in [2.75, 3.05) is 12.3 Å². The summed E-state index contributed by atoms with van der Waals surface area (Å²) in [6, 6.07) is -2.49. The van der Waals surface area contributed by atoms with E-state index in [1.807, 2.05) is 27.7 Å². The zero-order valence-electron chi connectivity index (χ0n) is 30.2. The number of carbonyl (C=O) groups is 5. The average molecular weight is 692 g/mol. The van der Waals surface area contributed by atoms with E-state index in [4.69, 9.17) is 0 Å². The predicted molar refractivity (Wildman–Crippen MR) is 181 cm³/mol. The number of carbonyl (C=O) groups excluding carboxylic acids is 5. The molecule has 0 bridgehead atoms. The molecule has 1 aliphatic heterocycles. The molecule has 5 amide bonds. The fraction of sp³-hybridized carbons (Fsp3) is 0.857. The quantitative estimate of drug-likeness (QED) is 0.255. The summed E-state index contributed by atoms with van der Waals surface area (Å²) in [6.07, 6.45) is 5.60. The molecule has 48 heavy (non-hydrogen) atoms. The molecule has 0 aromatic heterocycles. The molecule has 5 rings (SSSR count). The highest BCUT2D eigenvalue weighted by Crippen LogP contribution is 2.65. The van der Waals surface area contributed by atoms with Crippen LogP contribution in [0.5, 0.6) is 0 Å². The average Bonchev–Trinajstić information content (AvgIpc) is 3.90. The molecule has 4 saturated carbocycles. The maximum Gasteiger partial charge on any atom is 0.315 e. The van der Waals surface area contributed by atoms with Gasteiger partial charge in [-0.05, 0) is 81.5 Å². The number of nitrogens with one attached hydrogen (secondary N) is 4. The first kappa shape index (κ1) is 36.6. The third-order valence-corrected chi connectivity index (χ3v) is 14.7. The van der Waals surface area contributed by atoms with Crippen LogP contribution in [0.25, 0.3) is 0 Å². The first-order chi connectivity index (χ1) is 22.0. The fourth-order valence-corrected chi connectivity index (χ4v) is 9.62. The number of nitrogens with zero attached hydrogens (tertiary/aromatic N) is 1. The van der Waals surface area contributed by atoms with Gasteiger partial charge in [0, 0.05) is 12.6 Å². The van der Waals surface area contributed by atoms with Crippen LogP contribution < -0.4 is 21.3 Å². The van der Waals surface area contributed by atoms with Crippen LogP contribution in [-0.4, -0.2) is 89.1 Å². The number of likely N-dealkylation sites (tertiary alicyclic amines) is 1. The van der Waals surface area contributed by atoms with Crippen LogP contribution >= 0.6 is 0 Å². The molecule has 12 nitrogen and oxygen atoms in total. The Balaban J connectivity index is 1.34. The highest BCUT2D eigenvalue weighted by Gasteiger charge is 2.71. The lowest BCUT2D eigenvalue weighted by Crippen LogP contribution is -2.64. The van der Waals surface area contributed by atoms with Gasteiger partial charge in [-0.1, -0.05) is 60.8 Å². The molecule has 6 atom stereocenters. The van der Waals surface area contributed by atoms with Gasteiger partial charge in [-0.2, -0.15) is 0 Å². The van der Waals surface area contributed by atoms with E-state index in [2.05, 4.69) is 35.1 Å². The summed E-state index contributed by atoms with van der Waals surface area (Å²) in [7, 11) is -3.56. The molecule has 0 spiro atoms. The molecule has 4 aliphatic carbocycles. The van der Waals surface area contributed by atoms with E-state index in [0.29, 0.717) is 25.8 Å². The maximum atomic E-state index is 14.4. The van der Waals surface area contributed by atoms with E-state index in [9.17, 15) is 32.4 Å². The third kappa shape index (κ3) is 6.86. The Bertz CT molecular complexity index is 1470. The van der Waals surface area contributed by atoms with Gasteiger partial charge in [0.1, 0.15) is 17.6 Å². The van der Waals surface area contributed by atoms with Crippen LogP contribution in [0.15, 0.2) is 0 Å². The number of fused-ring (bicyclic) bond motifs is 1. The molecule has 4 N–H and O–H groups in total. The Labute approximate surface area is 286 Å². The van der Waals surface area contributed by atoms with Gasteiger partial charge in [-0.15, -0.1) is 0 Å². The molecule has 5 fully saturated rings. The Morgan fingerprint density at radius 2 is 1.50 bits per heavy atom. The van der Waals surface area contributed by atoms with Gasteiger partial charge in [0.2, 0.25) is 17.6 Å². The molecule has 1 heterocycles. The standard InChI is InChI=1S/C35H57N5O7S/c1-20-17-35(20,26(41)28(43)36-21-13-14-21)38-27(42)24-23-22(33(23,8)9)18-40(24)29(44)25(31(2,3)4)37-30(45)39-34(15-11-10-12-16-34)19-48(46,47)32(5,6)7/h20-25H,10-19H2,1-9H3,(H,36,43)(H,38,42)(H2,37,39,45)/t20-,22-,23-,24-,25+,35?/m0/s1. The largest absolute Gasteiger partial charge is 0.347 e. The number of sulfone groups is 1. The van der Waals surface area contributed by atoms with E-state index in [-0.39, 0.29) is 35.0 Å². The van der Waals surface area contributed by atoms with Crippen LogP contribution in [0, 0.1) is 28.6 Å². The summed E-state index contributed by atoms with van der Waals surface area (Å²) in [5, 5.41) is 11.6. The molecular weight excluding hydrogens is 634 g/mol. The number of ketones is 1. The molecule has 1 unspecified atom stereocenters. The second-order valence-electron chi connectivity index (χ2n) is 18.1. The lowest BCUT2D eigenvalue weighted by molar-refractivity contribution is -0.145. The Morgan fingerprint density at radius 3 is 2.00 bits per heavy atom. The number of rotatable bonds is 10. The van der Waals surface area contributed by atoms with Crippen LogP contribution in [0.3, 0.4) is 0 Å². The van der Waals surface area contributed by atoms with Crippen LogP contribution in [0.1, 0.15) is 114 Å². The van der Waals surface area contributed by atoms with E-state index < -0.39 is 72.7 Å². The van der Waals surface area contributed by atoms with E-state index >= 15 is 0 Å². The maximum absolute atomic E-state index is 14.4. The summed E-state index contributed by atoms with van der Waals surface area (Å²) in [4.78, 5) is 69.8. The van der Waals surface area contributed by atoms with Crippen molar-refractivity contribution in [3.8, 4) is 0 Å². The van der Waals surface area contributed by atoms with Crippen molar-refractivity contribution in [3.05, 3.63) is 0 Å².